The molecule has 34 heavy (non-hydrogen) atoms. The molecule has 0 bridgehead atoms. The van der Waals surface area contributed by atoms with Gasteiger partial charge in [-0.2, -0.15) is 0 Å². The van der Waals surface area contributed by atoms with Crippen molar-refractivity contribution in [3.8, 4) is 5.75 Å². The number of para-hydroxylation sites is 1. The zero-order valence-corrected chi connectivity index (χ0v) is 19.3. The number of anilines is 1. The van der Waals surface area contributed by atoms with Crippen LogP contribution in [0.25, 0.3) is 5.76 Å². The number of likely N-dealkylation sites (N-methyl/N-ethyl adjacent to an activating group) is 1. The van der Waals surface area contributed by atoms with Gasteiger partial charge in [-0.1, -0.05) is 18.2 Å². The van der Waals surface area contributed by atoms with E-state index in [9.17, 15) is 19.5 Å². The highest BCUT2D eigenvalue weighted by atomic mass is 16.5. The number of aliphatic hydroxyl groups excluding tert-OH is 1. The van der Waals surface area contributed by atoms with E-state index in [4.69, 9.17) is 9.47 Å². The van der Waals surface area contributed by atoms with Crippen LogP contribution in [0.2, 0.25) is 0 Å². The van der Waals surface area contributed by atoms with Gasteiger partial charge in [-0.3, -0.25) is 14.4 Å². The minimum absolute atomic E-state index is 0.00649. The molecule has 3 aliphatic rings. The van der Waals surface area contributed by atoms with E-state index in [0.717, 1.165) is 11.3 Å². The van der Waals surface area contributed by atoms with E-state index in [1.54, 1.807) is 47.4 Å². The molecule has 0 saturated carbocycles. The first kappa shape index (κ1) is 22.2. The Hall–Kier alpha value is -3.65. The van der Waals surface area contributed by atoms with Crippen molar-refractivity contribution in [3.05, 3.63) is 64.7 Å². The molecule has 0 aromatic heterocycles. The number of ketones is 1. The molecule has 1 spiro atoms. The molecule has 3 aliphatic heterocycles. The van der Waals surface area contributed by atoms with Crippen molar-refractivity contribution in [2.75, 3.05) is 31.7 Å². The highest BCUT2D eigenvalue weighted by Crippen LogP contribution is 2.53. The lowest BCUT2D eigenvalue weighted by Crippen LogP contribution is -2.52. The zero-order valence-electron chi connectivity index (χ0n) is 19.3. The van der Waals surface area contributed by atoms with Crippen LogP contribution in [0.15, 0.2) is 48.0 Å². The minimum Gasteiger partial charge on any atom is -0.507 e. The van der Waals surface area contributed by atoms with E-state index in [0.29, 0.717) is 29.8 Å². The standard InChI is InChI=1S/C26H26N2O6/c1-4-27-19-8-6-5-7-18(19)26(25(27)32)21(23(30)24(31)28(26)11-12-33-3)22(29)16-9-10-20-17(14-16)13-15(2)34-20/h5-10,14-15,29H,4,11-13H2,1-3H3/b22-21-. The Kier molecular flexibility index (Phi) is 5.20. The quantitative estimate of drug-likeness (QED) is 0.417. The van der Waals surface area contributed by atoms with Crippen LogP contribution < -0.4 is 9.64 Å². The summed E-state index contributed by atoms with van der Waals surface area (Å²) >= 11 is 0. The lowest BCUT2D eigenvalue weighted by atomic mass is 9.81. The molecule has 1 N–H and O–H groups in total. The third-order valence-corrected chi connectivity index (χ3v) is 6.81. The highest BCUT2D eigenvalue weighted by molar-refractivity contribution is 6.50. The summed E-state index contributed by atoms with van der Waals surface area (Å²) in [5.74, 6) is -1.82. The highest BCUT2D eigenvalue weighted by Gasteiger charge is 2.66. The van der Waals surface area contributed by atoms with Gasteiger partial charge in [0.2, 0.25) is 0 Å². The maximum absolute atomic E-state index is 14.0. The smallest absolute Gasteiger partial charge is 0.296 e. The summed E-state index contributed by atoms with van der Waals surface area (Å²) in [7, 11) is 1.49. The number of amides is 2. The summed E-state index contributed by atoms with van der Waals surface area (Å²) in [6, 6.07) is 12.2. The SMILES string of the molecule is CCN1C(=O)C2(/C(=C(\O)c3ccc4c(c3)CC(C)O4)C(=O)C(=O)N2CCOC)c2ccccc21. The lowest BCUT2D eigenvalue weighted by Gasteiger charge is -2.34. The van der Waals surface area contributed by atoms with Gasteiger partial charge in [-0.05, 0) is 43.7 Å². The van der Waals surface area contributed by atoms with E-state index >= 15 is 0 Å². The first-order valence-corrected chi connectivity index (χ1v) is 11.4. The number of hydrogen-bond donors (Lipinski definition) is 1. The number of carbonyl (C=O) groups is 3. The predicted octanol–water partition coefficient (Wildman–Crippen LogP) is 2.60. The third-order valence-electron chi connectivity index (χ3n) is 6.81. The van der Waals surface area contributed by atoms with Gasteiger partial charge in [0.25, 0.3) is 17.6 Å². The van der Waals surface area contributed by atoms with Crippen LogP contribution in [-0.2, 0) is 31.1 Å². The molecule has 0 radical (unpaired) electrons. The van der Waals surface area contributed by atoms with Gasteiger partial charge >= 0.3 is 0 Å². The summed E-state index contributed by atoms with van der Waals surface area (Å²) in [5, 5.41) is 11.5. The topological polar surface area (TPSA) is 96.4 Å². The van der Waals surface area contributed by atoms with Gasteiger partial charge in [0.15, 0.2) is 5.54 Å². The number of Topliss-reactive ketones (excluding diaryl/α,β-unsaturated/α-hetero) is 1. The van der Waals surface area contributed by atoms with Crippen molar-refractivity contribution in [2.24, 2.45) is 0 Å². The molecule has 5 rings (SSSR count). The summed E-state index contributed by atoms with van der Waals surface area (Å²) in [6.07, 6.45) is 0.668. The number of carbonyl (C=O) groups excluding carboxylic acids is 3. The fraction of sp³-hybridized carbons (Fsp3) is 0.346. The average Bonchev–Trinajstić information content (AvgIpc) is 3.40. The molecule has 3 heterocycles. The van der Waals surface area contributed by atoms with Crippen molar-refractivity contribution in [1.82, 2.24) is 4.90 Å². The first-order valence-electron chi connectivity index (χ1n) is 11.4. The van der Waals surface area contributed by atoms with E-state index in [1.807, 2.05) is 13.8 Å². The van der Waals surface area contributed by atoms with E-state index < -0.39 is 23.1 Å². The van der Waals surface area contributed by atoms with Crippen molar-refractivity contribution in [3.63, 3.8) is 0 Å². The number of likely N-dealkylation sites (tertiary alicyclic amines) is 1. The Bertz CT molecular complexity index is 1250. The first-order chi connectivity index (χ1) is 16.4. The number of aliphatic hydroxyl groups is 1. The van der Waals surface area contributed by atoms with Gasteiger partial charge in [0, 0.05) is 37.7 Å². The van der Waals surface area contributed by atoms with Crippen molar-refractivity contribution < 1.29 is 29.0 Å². The van der Waals surface area contributed by atoms with Crippen molar-refractivity contribution in [1.29, 1.82) is 0 Å². The summed E-state index contributed by atoms with van der Waals surface area (Å²) in [6.45, 7) is 4.28. The second kappa shape index (κ2) is 7.99. The van der Waals surface area contributed by atoms with E-state index in [1.165, 1.54) is 12.0 Å². The van der Waals surface area contributed by atoms with Crippen molar-refractivity contribution >= 4 is 29.0 Å². The van der Waals surface area contributed by atoms with Crippen LogP contribution in [0.3, 0.4) is 0 Å². The van der Waals surface area contributed by atoms with Crippen molar-refractivity contribution in [2.45, 2.75) is 31.9 Å². The summed E-state index contributed by atoms with van der Waals surface area (Å²) in [4.78, 5) is 43.6. The van der Waals surface area contributed by atoms with Gasteiger partial charge in [0.1, 0.15) is 17.6 Å². The summed E-state index contributed by atoms with van der Waals surface area (Å²) < 4.78 is 10.9. The number of benzene rings is 2. The molecule has 176 valence electrons. The van der Waals surface area contributed by atoms with Gasteiger partial charge in [-0.25, -0.2) is 0 Å². The molecule has 2 aromatic rings. The molecular formula is C26H26N2O6. The molecular weight excluding hydrogens is 436 g/mol. The Balaban J connectivity index is 1.78. The lowest BCUT2D eigenvalue weighted by molar-refractivity contribution is -0.144. The second-order valence-corrected chi connectivity index (χ2v) is 8.73. The zero-order chi connectivity index (χ0) is 24.2. The number of rotatable bonds is 5. The summed E-state index contributed by atoms with van der Waals surface area (Å²) in [5.41, 5.74) is 0.395. The fourth-order valence-electron chi connectivity index (χ4n) is 5.38. The van der Waals surface area contributed by atoms with Crippen LogP contribution in [0.5, 0.6) is 5.75 Å². The van der Waals surface area contributed by atoms with Gasteiger partial charge < -0.3 is 24.4 Å². The minimum atomic E-state index is -1.76. The average molecular weight is 463 g/mol. The third kappa shape index (κ3) is 2.84. The molecule has 8 nitrogen and oxygen atoms in total. The maximum Gasteiger partial charge on any atom is 0.296 e. The van der Waals surface area contributed by atoms with E-state index in [2.05, 4.69) is 0 Å². The second-order valence-electron chi connectivity index (χ2n) is 8.73. The molecule has 2 unspecified atom stereocenters. The maximum atomic E-state index is 14.0. The Labute approximate surface area is 197 Å². The van der Waals surface area contributed by atoms with E-state index in [-0.39, 0.29) is 30.6 Å². The molecule has 2 aromatic carbocycles. The normalized spacial score (nSPS) is 24.7. The molecule has 0 aliphatic carbocycles. The number of ether oxygens (including phenoxy) is 2. The molecule has 1 saturated heterocycles. The fourth-order valence-corrected chi connectivity index (χ4v) is 5.38. The van der Waals surface area contributed by atoms with Crippen LogP contribution in [0.1, 0.15) is 30.5 Å². The Morgan fingerprint density at radius 1 is 1.21 bits per heavy atom. The van der Waals surface area contributed by atoms with Crippen LogP contribution in [0, 0.1) is 0 Å². The molecule has 2 atom stereocenters. The van der Waals surface area contributed by atoms with Gasteiger partial charge in [0.05, 0.1) is 17.9 Å². The predicted molar refractivity (Wildman–Crippen MR) is 125 cm³/mol. The van der Waals surface area contributed by atoms with Crippen LogP contribution in [-0.4, -0.2) is 60.5 Å². The van der Waals surface area contributed by atoms with Crippen LogP contribution >= 0.6 is 0 Å². The van der Waals surface area contributed by atoms with Gasteiger partial charge in [-0.15, -0.1) is 0 Å². The number of hydrogen-bond acceptors (Lipinski definition) is 6. The Morgan fingerprint density at radius 2 is 1.97 bits per heavy atom. The van der Waals surface area contributed by atoms with Crippen LogP contribution in [0.4, 0.5) is 5.69 Å². The number of methoxy groups -OCH3 is 1. The number of nitrogens with zero attached hydrogens (tertiary/aromatic N) is 2. The number of fused-ring (bicyclic) bond motifs is 3. The molecule has 1 fully saturated rings. The Morgan fingerprint density at radius 3 is 2.71 bits per heavy atom. The largest absolute Gasteiger partial charge is 0.507 e. The monoisotopic (exact) mass is 462 g/mol. The molecule has 8 heteroatoms. The molecule has 2 amide bonds.